The molecule has 0 saturated heterocycles. The van der Waals surface area contributed by atoms with Crippen LogP contribution >= 0.6 is 11.3 Å². The van der Waals surface area contributed by atoms with Gasteiger partial charge in [0, 0.05) is 17.4 Å². The van der Waals surface area contributed by atoms with Crippen molar-refractivity contribution in [3.8, 4) is 16.9 Å². The molecule has 154 valence electrons. The predicted octanol–water partition coefficient (Wildman–Crippen LogP) is 4.34. The Hall–Kier alpha value is -3.39. The van der Waals surface area contributed by atoms with Gasteiger partial charge in [0.2, 0.25) is 5.76 Å². The van der Waals surface area contributed by atoms with Gasteiger partial charge in [-0.2, -0.15) is 0 Å². The van der Waals surface area contributed by atoms with Crippen LogP contribution in [0, 0.1) is 6.92 Å². The van der Waals surface area contributed by atoms with Crippen LogP contribution in [0.3, 0.4) is 0 Å². The molecule has 0 fully saturated rings. The SMILES string of the molecule is CCc1nc2scc(-c3ccc(OC)c(C)c3)c2c(=O)n1Cc1ccc(C(=O)O)o1. The van der Waals surface area contributed by atoms with E-state index < -0.39 is 5.97 Å². The largest absolute Gasteiger partial charge is 0.496 e. The number of carbonyl (C=O) groups is 1. The molecule has 0 aliphatic heterocycles. The van der Waals surface area contributed by atoms with Gasteiger partial charge in [0.1, 0.15) is 22.2 Å². The van der Waals surface area contributed by atoms with Crippen LogP contribution in [0.1, 0.15) is 34.6 Å². The van der Waals surface area contributed by atoms with Gasteiger partial charge in [-0.25, -0.2) is 9.78 Å². The molecular weight excluding hydrogens is 404 g/mol. The molecule has 3 aromatic heterocycles. The summed E-state index contributed by atoms with van der Waals surface area (Å²) in [4.78, 5) is 29.9. The van der Waals surface area contributed by atoms with E-state index in [0.717, 1.165) is 22.4 Å². The number of methoxy groups -OCH3 is 1. The van der Waals surface area contributed by atoms with Crippen molar-refractivity contribution in [1.82, 2.24) is 9.55 Å². The van der Waals surface area contributed by atoms with Crippen LogP contribution in [0.2, 0.25) is 0 Å². The monoisotopic (exact) mass is 424 g/mol. The van der Waals surface area contributed by atoms with E-state index in [-0.39, 0.29) is 17.9 Å². The molecular formula is C22H20N2O5S. The molecule has 1 N–H and O–H groups in total. The fourth-order valence-electron chi connectivity index (χ4n) is 3.49. The lowest BCUT2D eigenvalue weighted by Crippen LogP contribution is -2.25. The van der Waals surface area contributed by atoms with Gasteiger partial charge >= 0.3 is 5.97 Å². The van der Waals surface area contributed by atoms with E-state index >= 15 is 0 Å². The number of carboxylic acids is 1. The number of benzene rings is 1. The normalized spacial score (nSPS) is 11.2. The highest BCUT2D eigenvalue weighted by molar-refractivity contribution is 7.17. The first-order valence-electron chi connectivity index (χ1n) is 9.40. The second-order valence-corrected chi connectivity index (χ2v) is 7.72. The summed E-state index contributed by atoms with van der Waals surface area (Å²) in [5.41, 5.74) is 2.54. The Labute approximate surface area is 176 Å². The quantitative estimate of drug-likeness (QED) is 0.495. The molecule has 4 aromatic rings. The van der Waals surface area contributed by atoms with Gasteiger partial charge in [0.05, 0.1) is 19.0 Å². The number of thiophene rings is 1. The highest BCUT2D eigenvalue weighted by Crippen LogP contribution is 2.33. The number of aryl methyl sites for hydroxylation is 2. The third-order valence-corrected chi connectivity index (χ3v) is 5.85. The Kier molecular flexibility index (Phi) is 5.17. The van der Waals surface area contributed by atoms with E-state index in [9.17, 15) is 9.59 Å². The summed E-state index contributed by atoms with van der Waals surface area (Å²) in [6, 6.07) is 8.76. The number of rotatable bonds is 6. The maximum Gasteiger partial charge on any atom is 0.371 e. The molecule has 7 nitrogen and oxygen atoms in total. The number of nitrogens with zero attached hydrogens (tertiary/aromatic N) is 2. The van der Waals surface area contributed by atoms with E-state index in [1.54, 1.807) is 17.7 Å². The van der Waals surface area contributed by atoms with Gasteiger partial charge in [-0.15, -0.1) is 11.3 Å². The van der Waals surface area contributed by atoms with Crippen LogP contribution in [-0.2, 0) is 13.0 Å². The third-order valence-electron chi connectivity index (χ3n) is 4.98. The molecule has 0 unspecified atom stereocenters. The Morgan fingerprint density at radius 2 is 2.10 bits per heavy atom. The number of fused-ring (bicyclic) bond motifs is 1. The molecule has 0 amide bonds. The highest BCUT2D eigenvalue weighted by atomic mass is 32.1. The van der Waals surface area contributed by atoms with Gasteiger partial charge in [0.15, 0.2) is 0 Å². The molecule has 0 bridgehead atoms. The molecule has 0 aliphatic carbocycles. The number of carboxylic acid groups (broad SMARTS) is 1. The Morgan fingerprint density at radius 1 is 1.30 bits per heavy atom. The Morgan fingerprint density at radius 3 is 2.73 bits per heavy atom. The molecule has 4 rings (SSSR count). The topological polar surface area (TPSA) is 94.6 Å². The van der Waals surface area contributed by atoms with Crippen LogP contribution in [0.5, 0.6) is 5.75 Å². The van der Waals surface area contributed by atoms with E-state index in [2.05, 4.69) is 0 Å². The first-order valence-corrected chi connectivity index (χ1v) is 10.3. The molecule has 0 spiro atoms. The fraction of sp³-hybridized carbons (Fsp3) is 0.227. The molecule has 0 aliphatic rings. The first kappa shape index (κ1) is 19.9. The van der Waals surface area contributed by atoms with Crippen molar-refractivity contribution in [3.05, 3.63) is 69.0 Å². The van der Waals surface area contributed by atoms with E-state index in [4.69, 9.17) is 19.2 Å². The van der Waals surface area contributed by atoms with Crippen molar-refractivity contribution in [2.45, 2.75) is 26.8 Å². The minimum Gasteiger partial charge on any atom is -0.496 e. The number of hydrogen-bond acceptors (Lipinski definition) is 6. The lowest BCUT2D eigenvalue weighted by molar-refractivity contribution is 0.0660. The van der Waals surface area contributed by atoms with Gasteiger partial charge < -0.3 is 14.3 Å². The lowest BCUT2D eigenvalue weighted by atomic mass is 10.0. The molecule has 0 atom stereocenters. The van der Waals surface area contributed by atoms with Crippen LogP contribution in [0.4, 0.5) is 0 Å². The van der Waals surface area contributed by atoms with Crippen molar-refractivity contribution in [1.29, 1.82) is 0 Å². The molecule has 0 saturated carbocycles. The summed E-state index contributed by atoms with van der Waals surface area (Å²) in [6.07, 6.45) is 0.562. The van der Waals surface area contributed by atoms with Crippen molar-refractivity contribution < 1.29 is 19.1 Å². The van der Waals surface area contributed by atoms with Gasteiger partial charge in [-0.1, -0.05) is 13.0 Å². The summed E-state index contributed by atoms with van der Waals surface area (Å²) in [5, 5.41) is 11.6. The molecule has 1 aromatic carbocycles. The zero-order chi connectivity index (χ0) is 21.4. The van der Waals surface area contributed by atoms with Crippen LogP contribution in [-0.4, -0.2) is 27.7 Å². The maximum absolute atomic E-state index is 13.5. The fourth-order valence-corrected chi connectivity index (χ4v) is 4.45. The summed E-state index contributed by atoms with van der Waals surface area (Å²) in [6.45, 7) is 4.00. The lowest BCUT2D eigenvalue weighted by Gasteiger charge is -2.11. The number of furan rings is 1. The molecule has 8 heteroatoms. The van der Waals surface area contributed by atoms with Gasteiger partial charge in [-0.05, 0) is 42.3 Å². The second-order valence-electron chi connectivity index (χ2n) is 6.86. The van der Waals surface area contributed by atoms with Crippen molar-refractivity contribution in [2.24, 2.45) is 0 Å². The average Bonchev–Trinajstić information content (AvgIpc) is 3.37. The number of aromatic nitrogens is 2. The Bertz CT molecular complexity index is 1320. The van der Waals surface area contributed by atoms with Gasteiger partial charge in [0.25, 0.3) is 5.56 Å². The first-order chi connectivity index (χ1) is 14.4. The van der Waals surface area contributed by atoms with Crippen LogP contribution in [0.15, 0.2) is 44.9 Å². The third kappa shape index (κ3) is 3.39. The smallest absolute Gasteiger partial charge is 0.371 e. The summed E-state index contributed by atoms with van der Waals surface area (Å²) >= 11 is 1.43. The van der Waals surface area contributed by atoms with Crippen molar-refractivity contribution >= 4 is 27.5 Å². The summed E-state index contributed by atoms with van der Waals surface area (Å²) in [5.74, 6) is 0.500. The van der Waals surface area contributed by atoms with E-state index in [0.29, 0.717) is 28.2 Å². The van der Waals surface area contributed by atoms with E-state index in [1.165, 1.54) is 17.4 Å². The number of aromatic carboxylic acids is 1. The minimum atomic E-state index is -1.15. The standard InChI is InChI=1S/C22H20N2O5S/c1-4-18-23-20-19(15(11-30-20)13-5-7-16(28-3)12(2)9-13)21(25)24(18)10-14-6-8-17(29-14)22(26)27/h5-9,11H,4,10H2,1-3H3,(H,26,27). The number of hydrogen-bond donors (Lipinski definition) is 1. The predicted molar refractivity (Wildman–Crippen MR) is 115 cm³/mol. The number of ether oxygens (including phenoxy) is 1. The minimum absolute atomic E-state index is 0.120. The zero-order valence-corrected chi connectivity index (χ0v) is 17.6. The molecule has 30 heavy (non-hydrogen) atoms. The van der Waals surface area contributed by atoms with E-state index in [1.807, 2.05) is 37.4 Å². The van der Waals surface area contributed by atoms with Crippen molar-refractivity contribution in [2.75, 3.05) is 7.11 Å². The van der Waals surface area contributed by atoms with Gasteiger partial charge in [-0.3, -0.25) is 9.36 Å². The maximum atomic E-state index is 13.5. The zero-order valence-electron chi connectivity index (χ0n) is 16.8. The van der Waals surface area contributed by atoms with Crippen LogP contribution in [0.25, 0.3) is 21.3 Å². The van der Waals surface area contributed by atoms with Crippen LogP contribution < -0.4 is 10.3 Å². The second kappa shape index (κ2) is 7.79. The molecule has 0 radical (unpaired) electrons. The summed E-state index contributed by atoms with van der Waals surface area (Å²) in [7, 11) is 1.63. The average molecular weight is 424 g/mol. The Balaban J connectivity index is 1.86. The molecule has 3 heterocycles. The summed E-state index contributed by atoms with van der Waals surface area (Å²) < 4.78 is 12.2. The highest BCUT2D eigenvalue weighted by Gasteiger charge is 2.18. The van der Waals surface area contributed by atoms with Crippen molar-refractivity contribution in [3.63, 3.8) is 0 Å².